The molecule has 19 heavy (non-hydrogen) atoms. The van der Waals surface area contributed by atoms with Gasteiger partial charge in [0.15, 0.2) is 0 Å². The van der Waals surface area contributed by atoms with E-state index in [1.807, 2.05) is 20.0 Å². The molecular weight excluding hydrogens is 240 g/mol. The number of aromatic nitrogens is 1. The lowest BCUT2D eigenvalue weighted by molar-refractivity contribution is 0.0943. The van der Waals surface area contributed by atoms with Gasteiger partial charge < -0.3 is 15.5 Å². The first kappa shape index (κ1) is 15.4. The van der Waals surface area contributed by atoms with Gasteiger partial charge in [0, 0.05) is 25.7 Å². The van der Waals surface area contributed by atoms with Crippen LogP contribution in [0.3, 0.4) is 0 Å². The maximum absolute atomic E-state index is 11.9. The van der Waals surface area contributed by atoms with Crippen molar-refractivity contribution in [2.75, 3.05) is 32.0 Å². The van der Waals surface area contributed by atoms with Gasteiger partial charge in [-0.25, -0.2) is 4.98 Å². The first-order valence-corrected chi connectivity index (χ1v) is 6.73. The average molecular weight is 264 g/mol. The molecule has 5 nitrogen and oxygen atoms in total. The predicted octanol–water partition coefficient (Wildman–Crippen LogP) is 1.58. The van der Waals surface area contributed by atoms with E-state index >= 15 is 0 Å². The van der Waals surface area contributed by atoms with Gasteiger partial charge in [0.25, 0.3) is 5.91 Å². The van der Waals surface area contributed by atoms with E-state index in [1.165, 1.54) is 0 Å². The highest BCUT2D eigenvalue weighted by molar-refractivity contribution is 5.92. The Bertz CT molecular complexity index is 389. The molecule has 0 spiro atoms. The maximum Gasteiger partial charge on any atom is 0.269 e. The molecule has 0 aliphatic rings. The Hall–Kier alpha value is -1.62. The van der Waals surface area contributed by atoms with E-state index < -0.39 is 0 Å². The summed E-state index contributed by atoms with van der Waals surface area (Å²) in [5, 5.41) is 6.02. The second-order valence-corrected chi connectivity index (χ2v) is 4.79. The summed E-state index contributed by atoms with van der Waals surface area (Å²) in [4.78, 5) is 18.2. The second-order valence-electron chi connectivity index (χ2n) is 4.79. The zero-order valence-corrected chi connectivity index (χ0v) is 12.2. The monoisotopic (exact) mass is 264 g/mol. The Morgan fingerprint density at radius 1 is 1.42 bits per heavy atom. The molecule has 0 aliphatic carbocycles. The van der Waals surface area contributed by atoms with Crippen LogP contribution in [0.1, 0.15) is 31.3 Å². The lowest BCUT2D eigenvalue weighted by Crippen LogP contribution is -2.36. The third kappa shape index (κ3) is 5.26. The first-order chi connectivity index (χ1) is 9.04. The van der Waals surface area contributed by atoms with Crippen LogP contribution in [-0.2, 0) is 0 Å². The molecule has 0 aromatic carbocycles. The molecule has 1 amide bonds. The van der Waals surface area contributed by atoms with E-state index in [9.17, 15) is 4.79 Å². The van der Waals surface area contributed by atoms with Crippen molar-refractivity contribution in [3.05, 3.63) is 24.0 Å². The largest absolute Gasteiger partial charge is 0.384 e. The number of carbonyl (C=O) groups excluding carboxylic acids is 1. The van der Waals surface area contributed by atoms with Gasteiger partial charge in [0.05, 0.1) is 11.9 Å². The van der Waals surface area contributed by atoms with Crippen molar-refractivity contribution in [1.82, 2.24) is 15.2 Å². The molecular formula is C14H24N4O. The first-order valence-electron chi connectivity index (χ1n) is 6.73. The van der Waals surface area contributed by atoms with Crippen LogP contribution in [0.4, 0.5) is 5.69 Å². The zero-order chi connectivity index (χ0) is 14.3. The quantitative estimate of drug-likeness (QED) is 0.785. The number of likely N-dealkylation sites (N-methyl/N-ethyl adjacent to an activating group) is 1. The highest BCUT2D eigenvalue weighted by atomic mass is 16.1. The molecule has 2 N–H and O–H groups in total. The lowest BCUT2D eigenvalue weighted by Gasteiger charge is -2.20. The smallest absolute Gasteiger partial charge is 0.269 e. The van der Waals surface area contributed by atoms with Crippen molar-refractivity contribution >= 4 is 11.6 Å². The molecule has 5 heteroatoms. The number of amides is 1. The Morgan fingerprint density at radius 3 is 2.68 bits per heavy atom. The Morgan fingerprint density at radius 2 is 2.16 bits per heavy atom. The van der Waals surface area contributed by atoms with Crippen molar-refractivity contribution in [3.63, 3.8) is 0 Å². The van der Waals surface area contributed by atoms with Crippen molar-refractivity contribution < 1.29 is 4.79 Å². The van der Waals surface area contributed by atoms with Gasteiger partial charge in [-0.1, -0.05) is 0 Å². The normalized spacial score (nSPS) is 10.8. The molecule has 0 aliphatic heterocycles. The molecule has 0 radical (unpaired) electrons. The zero-order valence-electron chi connectivity index (χ0n) is 12.2. The summed E-state index contributed by atoms with van der Waals surface area (Å²) in [6.07, 6.45) is 1.68. The van der Waals surface area contributed by atoms with Crippen molar-refractivity contribution in [2.24, 2.45) is 0 Å². The number of nitrogens with one attached hydrogen (secondary N) is 2. The van der Waals surface area contributed by atoms with Gasteiger partial charge in [-0.05, 0) is 40.0 Å². The molecule has 106 valence electrons. The molecule has 1 aromatic rings. The summed E-state index contributed by atoms with van der Waals surface area (Å²) in [5.74, 6) is -0.125. The molecule has 1 heterocycles. The van der Waals surface area contributed by atoms with Crippen LogP contribution < -0.4 is 10.6 Å². The van der Waals surface area contributed by atoms with Crippen LogP contribution in [0.15, 0.2) is 18.3 Å². The summed E-state index contributed by atoms with van der Waals surface area (Å²) in [6, 6.07) is 4.08. The Labute approximate surface area is 115 Å². The average Bonchev–Trinajstić information content (AvgIpc) is 2.39. The van der Waals surface area contributed by atoms with E-state index in [1.54, 1.807) is 12.3 Å². The highest BCUT2D eigenvalue weighted by Gasteiger charge is 2.08. The van der Waals surface area contributed by atoms with E-state index in [0.29, 0.717) is 18.3 Å². The molecule has 1 rings (SSSR count). The minimum absolute atomic E-state index is 0.125. The molecule has 1 aromatic heterocycles. The minimum Gasteiger partial charge on any atom is -0.384 e. The number of carbonyl (C=O) groups is 1. The van der Waals surface area contributed by atoms with Crippen LogP contribution in [0, 0.1) is 0 Å². The van der Waals surface area contributed by atoms with Gasteiger partial charge in [-0.2, -0.15) is 0 Å². The Kier molecular flexibility index (Phi) is 6.29. The molecule has 0 bridgehead atoms. The fourth-order valence-electron chi connectivity index (χ4n) is 1.53. The summed E-state index contributed by atoms with van der Waals surface area (Å²) in [7, 11) is 2.04. The number of hydrogen-bond acceptors (Lipinski definition) is 4. The maximum atomic E-state index is 11.9. The fraction of sp³-hybridized carbons (Fsp3) is 0.571. The van der Waals surface area contributed by atoms with Crippen molar-refractivity contribution in [2.45, 2.75) is 26.8 Å². The van der Waals surface area contributed by atoms with Gasteiger partial charge in [-0.3, -0.25) is 4.79 Å². The van der Waals surface area contributed by atoms with E-state index in [2.05, 4.69) is 34.4 Å². The van der Waals surface area contributed by atoms with E-state index in [0.717, 1.165) is 18.8 Å². The van der Waals surface area contributed by atoms with Crippen molar-refractivity contribution in [1.29, 1.82) is 0 Å². The number of nitrogens with zero attached hydrogens (tertiary/aromatic N) is 2. The topological polar surface area (TPSA) is 57.3 Å². The van der Waals surface area contributed by atoms with E-state index in [-0.39, 0.29) is 5.91 Å². The summed E-state index contributed by atoms with van der Waals surface area (Å²) in [6.45, 7) is 8.58. The predicted molar refractivity (Wildman–Crippen MR) is 78.5 cm³/mol. The van der Waals surface area contributed by atoms with E-state index in [4.69, 9.17) is 0 Å². The molecule has 0 fully saturated rings. The third-order valence-corrected chi connectivity index (χ3v) is 3.01. The van der Waals surface area contributed by atoms with Gasteiger partial charge in [-0.15, -0.1) is 0 Å². The van der Waals surface area contributed by atoms with Crippen LogP contribution in [0.5, 0.6) is 0 Å². The summed E-state index contributed by atoms with van der Waals surface area (Å²) in [5.41, 5.74) is 1.38. The molecule has 0 atom stereocenters. The fourth-order valence-corrected chi connectivity index (χ4v) is 1.53. The Balaban J connectivity index is 2.41. The number of pyridine rings is 1. The molecule has 0 unspecified atom stereocenters. The SMILES string of the molecule is CCNc1ccc(C(=O)NCCN(C)C(C)C)nc1. The number of hydrogen-bond donors (Lipinski definition) is 2. The molecule has 0 saturated carbocycles. The minimum atomic E-state index is -0.125. The van der Waals surface area contributed by atoms with Crippen LogP contribution in [0.25, 0.3) is 0 Å². The standard InChI is InChI=1S/C14H24N4O/c1-5-15-12-6-7-13(17-10-12)14(19)16-8-9-18(4)11(2)3/h6-7,10-11,15H,5,8-9H2,1-4H3,(H,16,19). The molecule has 0 saturated heterocycles. The number of rotatable bonds is 7. The summed E-state index contributed by atoms with van der Waals surface area (Å²) < 4.78 is 0. The van der Waals surface area contributed by atoms with Crippen LogP contribution >= 0.6 is 0 Å². The summed E-state index contributed by atoms with van der Waals surface area (Å²) >= 11 is 0. The van der Waals surface area contributed by atoms with Crippen LogP contribution in [0.2, 0.25) is 0 Å². The second kappa shape index (κ2) is 7.74. The number of anilines is 1. The van der Waals surface area contributed by atoms with Gasteiger partial charge in [0.1, 0.15) is 5.69 Å². The third-order valence-electron chi connectivity index (χ3n) is 3.01. The van der Waals surface area contributed by atoms with Gasteiger partial charge >= 0.3 is 0 Å². The lowest BCUT2D eigenvalue weighted by atomic mass is 10.3. The van der Waals surface area contributed by atoms with Crippen molar-refractivity contribution in [3.8, 4) is 0 Å². The highest BCUT2D eigenvalue weighted by Crippen LogP contribution is 2.05. The van der Waals surface area contributed by atoms with Gasteiger partial charge in [0.2, 0.25) is 0 Å². The van der Waals surface area contributed by atoms with Crippen LogP contribution in [-0.4, -0.2) is 48.5 Å².